The number of hydrogen-bond acceptors (Lipinski definition) is 5. The Balaban J connectivity index is 1.76. The van der Waals surface area contributed by atoms with Crippen molar-refractivity contribution >= 4 is 21.6 Å². The molecule has 2 atom stereocenters. The number of nitriles is 1. The highest BCUT2D eigenvalue weighted by molar-refractivity contribution is 7.89. The number of hydrogen-bond donors (Lipinski definition) is 0. The molecule has 0 aliphatic carbocycles. The van der Waals surface area contributed by atoms with Crippen molar-refractivity contribution < 1.29 is 26.4 Å². The quantitative estimate of drug-likeness (QED) is 0.639. The van der Waals surface area contributed by atoms with E-state index in [-0.39, 0.29) is 30.0 Å². The summed E-state index contributed by atoms with van der Waals surface area (Å²) >= 11 is 0. The third-order valence-corrected chi connectivity index (χ3v) is 8.60. The number of halogens is 3. The molecule has 11 heteroatoms. The lowest BCUT2D eigenvalue weighted by Gasteiger charge is -2.38. The number of carbonyl (C=O) groups excluding carboxylic acids is 1. The number of carbonyl (C=O) groups is 1. The third-order valence-electron chi connectivity index (χ3n) is 6.79. The van der Waals surface area contributed by atoms with Crippen molar-refractivity contribution in [3.63, 3.8) is 0 Å². The van der Waals surface area contributed by atoms with Crippen molar-refractivity contribution in [2.45, 2.75) is 25.9 Å². The van der Waals surface area contributed by atoms with Crippen LogP contribution in [0.15, 0.2) is 18.2 Å². The molecule has 1 aromatic carbocycles. The van der Waals surface area contributed by atoms with E-state index in [4.69, 9.17) is 5.26 Å². The fraction of sp³-hybridized carbons (Fsp3) is 0.636. The van der Waals surface area contributed by atoms with Gasteiger partial charge in [-0.2, -0.15) is 18.4 Å². The Morgan fingerprint density at radius 2 is 1.85 bits per heavy atom. The van der Waals surface area contributed by atoms with Crippen LogP contribution in [0.5, 0.6) is 0 Å². The summed E-state index contributed by atoms with van der Waals surface area (Å²) in [7, 11) is -0.112. The lowest BCUT2D eigenvalue weighted by Crippen LogP contribution is -2.41. The first-order chi connectivity index (χ1) is 15.4. The van der Waals surface area contributed by atoms with E-state index in [0.29, 0.717) is 38.2 Å². The maximum Gasteiger partial charge on any atom is 0.417 e. The normalized spacial score (nSPS) is 22.9. The summed E-state index contributed by atoms with van der Waals surface area (Å²) in [6.07, 6.45) is -3.33. The number of anilines is 1. The molecule has 2 heterocycles. The second-order valence-corrected chi connectivity index (χ2v) is 11.1. The Morgan fingerprint density at radius 1 is 1.21 bits per heavy atom. The highest BCUT2D eigenvalue weighted by Gasteiger charge is 2.46. The molecule has 0 unspecified atom stereocenters. The van der Waals surface area contributed by atoms with E-state index in [1.54, 1.807) is 27.1 Å². The second kappa shape index (κ2) is 9.50. The van der Waals surface area contributed by atoms with Gasteiger partial charge in [0.2, 0.25) is 15.9 Å². The maximum absolute atomic E-state index is 13.3. The summed E-state index contributed by atoms with van der Waals surface area (Å²) in [5.41, 5.74) is -0.950. The van der Waals surface area contributed by atoms with Gasteiger partial charge < -0.3 is 9.80 Å². The number of rotatable bonds is 5. The van der Waals surface area contributed by atoms with E-state index in [1.165, 1.54) is 21.3 Å². The first kappa shape index (κ1) is 25.3. The highest BCUT2D eigenvalue weighted by atomic mass is 32.2. The fourth-order valence-electron chi connectivity index (χ4n) is 4.92. The minimum atomic E-state index is -4.61. The Labute approximate surface area is 192 Å². The zero-order valence-electron chi connectivity index (χ0n) is 19.0. The molecule has 0 bridgehead atoms. The molecule has 2 saturated heterocycles. The minimum absolute atomic E-state index is 0.0265. The Kier molecular flexibility index (Phi) is 7.29. The number of amides is 1. The Hall–Kier alpha value is -2.32. The zero-order chi connectivity index (χ0) is 24.6. The highest BCUT2D eigenvalue weighted by Crippen LogP contribution is 2.39. The van der Waals surface area contributed by atoms with Gasteiger partial charge in [0.1, 0.15) is 0 Å². The van der Waals surface area contributed by atoms with Crippen molar-refractivity contribution in [3.8, 4) is 6.07 Å². The number of benzene rings is 1. The molecule has 3 rings (SSSR count). The largest absolute Gasteiger partial charge is 0.417 e. The molecule has 1 amide bonds. The van der Waals surface area contributed by atoms with Crippen LogP contribution in [0.25, 0.3) is 0 Å². The predicted octanol–water partition coefficient (Wildman–Crippen LogP) is 2.78. The first-order valence-electron chi connectivity index (χ1n) is 10.9. The molecule has 0 saturated carbocycles. The molecule has 0 spiro atoms. The van der Waals surface area contributed by atoms with Crippen LogP contribution in [-0.4, -0.2) is 69.6 Å². The van der Waals surface area contributed by atoms with E-state index in [9.17, 15) is 26.4 Å². The minimum Gasteiger partial charge on any atom is -0.372 e. The van der Waals surface area contributed by atoms with Gasteiger partial charge in [0.15, 0.2) is 0 Å². The van der Waals surface area contributed by atoms with E-state index in [2.05, 4.69) is 0 Å². The Morgan fingerprint density at radius 3 is 2.36 bits per heavy atom. The van der Waals surface area contributed by atoms with Crippen LogP contribution in [0.1, 0.15) is 30.9 Å². The van der Waals surface area contributed by atoms with E-state index < -0.39 is 33.2 Å². The molecular weight excluding hydrogens is 457 g/mol. The van der Waals surface area contributed by atoms with Crippen molar-refractivity contribution in [1.82, 2.24) is 9.21 Å². The molecule has 7 nitrogen and oxygen atoms in total. The first-order valence-corrected chi connectivity index (χ1v) is 12.5. The Bertz CT molecular complexity index is 1030. The van der Waals surface area contributed by atoms with E-state index in [0.717, 1.165) is 6.07 Å². The number of piperidine rings is 1. The van der Waals surface area contributed by atoms with Crippen LogP contribution >= 0.6 is 0 Å². The third kappa shape index (κ3) is 5.27. The van der Waals surface area contributed by atoms with Gasteiger partial charge >= 0.3 is 6.18 Å². The number of sulfonamides is 1. The topological polar surface area (TPSA) is 84.7 Å². The molecule has 182 valence electrons. The van der Waals surface area contributed by atoms with Crippen LogP contribution in [-0.2, 0) is 21.0 Å². The van der Waals surface area contributed by atoms with Gasteiger partial charge in [-0.1, -0.05) is 0 Å². The van der Waals surface area contributed by atoms with Gasteiger partial charge in [-0.25, -0.2) is 12.7 Å². The molecular formula is C22H29F3N4O3S. The van der Waals surface area contributed by atoms with Gasteiger partial charge in [-0.3, -0.25) is 4.79 Å². The molecule has 0 aromatic heterocycles. The predicted molar refractivity (Wildman–Crippen MR) is 118 cm³/mol. The average molecular weight is 487 g/mol. The van der Waals surface area contributed by atoms with E-state index >= 15 is 0 Å². The summed E-state index contributed by atoms with van der Waals surface area (Å²) < 4.78 is 66.3. The molecule has 2 aliphatic heterocycles. The van der Waals surface area contributed by atoms with Gasteiger partial charge in [-0.05, 0) is 49.8 Å². The standard InChI is InChI=1S/C22H29F3N4O3S/c1-4-33(31,32)29-13-18(19(14-29)21(30)27(2)3)15-7-9-28(10-8-15)17-6-5-16(12-26)20(11-17)22(23,24)25/h5-6,11,15,18-19H,4,7-10,13-14H2,1-3H3/t18-,19+/m0/s1. The van der Waals surface area contributed by atoms with Crippen LogP contribution in [0.2, 0.25) is 0 Å². The fourth-order valence-corrected chi connectivity index (χ4v) is 6.07. The van der Waals surface area contributed by atoms with Crippen molar-refractivity contribution in [3.05, 3.63) is 29.3 Å². The summed E-state index contributed by atoms with van der Waals surface area (Å²) in [5, 5.41) is 9.00. The van der Waals surface area contributed by atoms with Crippen molar-refractivity contribution in [2.24, 2.45) is 17.8 Å². The summed E-state index contributed by atoms with van der Waals surface area (Å²) in [6.45, 7) is 3.03. The second-order valence-electron chi connectivity index (χ2n) is 8.88. The van der Waals surface area contributed by atoms with Crippen molar-refractivity contribution in [1.29, 1.82) is 5.26 Å². The van der Waals surface area contributed by atoms with Crippen LogP contribution in [0.4, 0.5) is 18.9 Å². The molecule has 0 N–H and O–H groups in total. The molecule has 2 aliphatic rings. The summed E-state index contributed by atoms with van der Waals surface area (Å²) in [5.74, 6) is -0.591. The van der Waals surface area contributed by atoms with Crippen molar-refractivity contribution in [2.75, 3.05) is 50.9 Å². The molecule has 33 heavy (non-hydrogen) atoms. The molecule has 2 fully saturated rings. The van der Waals surface area contributed by atoms with Crippen LogP contribution in [0.3, 0.4) is 0 Å². The molecule has 0 radical (unpaired) electrons. The van der Waals surface area contributed by atoms with Crippen LogP contribution in [0, 0.1) is 29.1 Å². The van der Waals surface area contributed by atoms with Gasteiger partial charge in [0.05, 0.1) is 28.9 Å². The SMILES string of the molecule is CCS(=O)(=O)N1C[C@@H](C(=O)N(C)C)[C@H](C2CCN(c3ccc(C#N)c(C(F)(F)F)c3)CC2)C1. The van der Waals surface area contributed by atoms with Gasteiger partial charge in [0.25, 0.3) is 0 Å². The number of alkyl halides is 3. The maximum atomic E-state index is 13.3. The van der Waals surface area contributed by atoms with Gasteiger partial charge in [-0.15, -0.1) is 0 Å². The lowest BCUT2D eigenvalue weighted by atomic mass is 9.78. The molecule has 1 aromatic rings. The van der Waals surface area contributed by atoms with Gasteiger partial charge in [0, 0.05) is 46.0 Å². The van der Waals surface area contributed by atoms with E-state index in [1.807, 2.05) is 4.90 Å². The monoisotopic (exact) mass is 486 g/mol. The number of nitrogens with zero attached hydrogens (tertiary/aromatic N) is 4. The smallest absolute Gasteiger partial charge is 0.372 e. The average Bonchev–Trinajstić information content (AvgIpc) is 3.24. The summed E-state index contributed by atoms with van der Waals surface area (Å²) in [6, 6.07) is 5.33. The van der Waals surface area contributed by atoms with Crippen LogP contribution < -0.4 is 4.90 Å². The summed E-state index contributed by atoms with van der Waals surface area (Å²) in [4.78, 5) is 16.1. The lowest BCUT2D eigenvalue weighted by molar-refractivity contribution is -0.137. The zero-order valence-corrected chi connectivity index (χ0v) is 19.8.